The molecule has 0 unspecified atom stereocenters. The Labute approximate surface area is 123 Å². The molecule has 4 N–H and O–H groups in total. The van der Waals surface area contributed by atoms with Gasteiger partial charge in [0.15, 0.2) is 5.13 Å². The smallest absolute Gasteiger partial charge is 0.265 e. The number of hydrogen-bond acceptors (Lipinski definition) is 5. The zero-order valence-electron chi connectivity index (χ0n) is 11.7. The zero-order valence-corrected chi connectivity index (χ0v) is 12.5. The molecular formula is C14H22N4OS. The minimum atomic E-state index is -0.0816. The summed E-state index contributed by atoms with van der Waals surface area (Å²) in [6, 6.07) is 0.527. The monoisotopic (exact) mass is 294 g/mol. The zero-order chi connectivity index (χ0) is 13.9. The number of nitrogens with one attached hydrogen (secondary N) is 2. The maximum atomic E-state index is 12.1. The van der Waals surface area contributed by atoms with Crippen molar-refractivity contribution in [1.29, 1.82) is 0 Å². The minimum absolute atomic E-state index is 0.0816. The number of anilines is 2. The molecule has 2 aliphatic rings. The lowest BCUT2D eigenvalue weighted by Gasteiger charge is -2.09. The van der Waals surface area contributed by atoms with Gasteiger partial charge >= 0.3 is 0 Å². The molecule has 110 valence electrons. The van der Waals surface area contributed by atoms with Crippen molar-refractivity contribution in [3.8, 4) is 0 Å². The molecule has 5 nitrogen and oxygen atoms in total. The summed E-state index contributed by atoms with van der Waals surface area (Å²) in [5.41, 5.74) is 5.83. The van der Waals surface area contributed by atoms with Crippen LogP contribution in [0.25, 0.3) is 0 Å². The molecule has 6 heteroatoms. The molecule has 0 atom stereocenters. The van der Waals surface area contributed by atoms with Crippen LogP contribution in [0, 0.1) is 5.92 Å². The fourth-order valence-corrected chi connectivity index (χ4v) is 3.61. The molecular weight excluding hydrogens is 272 g/mol. The van der Waals surface area contributed by atoms with E-state index in [1.54, 1.807) is 0 Å². The maximum Gasteiger partial charge on any atom is 0.265 e. The summed E-state index contributed by atoms with van der Waals surface area (Å²) in [7, 11) is 0. The first-order valence-electron chi connectivity index (χ1n) is 7.53. The molecule has 2 fully saturated rings. The van der Waals surface area contributed by atoms with Crippen molar-refractivity contribution in [1.82, 2.24) is 10.3 Å². The van der Waals surface area contributed by atoms with Crippen molar-refractivity contribution in [3.63, 3.8) is 0 Å². The lowest BCUT2D eigenvalue weighted by Crippen LogP contribution is -2.25. The first kappa shape index (κ1) is 13.7. The van der Waals surface area contributed by atoms with E-state index in [2.05, 4.69) is 15.6 Å². The van der Waals surface area contributed by atoms with E-state index in [1.165, 1.54) is 49.9 Å². The van der Waals surface area contributed by atoms with Gasteiger partial charge < -0.3 is 16.4 Å². The normalized spacial score (nSPS) is 19.2. The molecule has 3 rings (SSSR count). The van der Waals surface area contributed by atoms with Gasteiger partial charge in [0.1, 0.15) is 10.7 Å². The van der Waals surface area contributed by atoms with Gasteiger partial charge in [0.25, 0.3) is 5.91 Å². The molecule has 0 saturated heterocycles. The van der Waals surface area contributed by atoms with Gasteiger partial charge in [-0.15, -0.1) is 0 Å². The van der Waals surface area contributed by atoms with Gasteiger partial charge in [-0.05, 0) is 25.2 Å². The summed E-state index contributed by atoms with van der Waals surface area (Å²) < 4.78 is 0. The molecule has 1 amide bonds. The Morgan fingerprint density at radius 1 is 1.30 bits per heavy atom. The third-order valence-corrected chi connectivity index (χ3v) is 5.08. The van der Waals surface area contributed by atoms with Gasteiger partial charge in [-0.2, -0.15) is 0 Å². The quantitative estimate of drug-likeness (QED) is 0.753. The lowest BCUT2D eigenvalue weighted by molar-refractivity contribution is 0.0956. The first-order valence-corrected chi connectivity index (χ1v) is 8.35. The standard InChI is InChI=1S/C14H22N4OS/c15-12-11(20-14(18-12)17-10-5-6-10)13(19)16-8-7-9-3-1-2-4-9/h9-10H,1-8,15H2,(H,16,19)(H,17,18). The molecule has 0 radical (unpaired) electrons. The second-order valence-corrected chi connectivity index (χ2v) is 6.85. The van der Waals surface area contributed by atoms with E-state index in [1.807, 2.05) is 0 Å². The van der Waals surface area contributed by atoms with Gasteiger partial charge in [0.2, 0.25) is 0 Å². The van der Waals surface area contributed by atoms with Gasteiger partial charge in [0, 0.05) is 12.6 Å². The predicted molar refractivity (Wildman–Crippen MR) is 82.1 cm³/mol. The van der Waals surface area contributed by atoms with Gasteiger partial charge in [-0.25, -0.2) is 4.98 Å². The van der Waals surface area contributed by atoms with Crippen molar-refractivity contribution < 1.29 is 4.79 Å². The number of thiazole rings is 1. The number of nitrogen functional groups attached to an aromatic ring is 1. The molecule has 0 aromatic carbocycles. The molecule has 1 aromatic rings. The van der Waals surface area contributed by atoms with E-state index in [9.17, 15) is 4.79 Å². The Hall–Kier alpha value is -1.30. The summed E-state index contributed by atoms with van der Waals surface area (Å²) in [6.45, 7) is 0.742. The van der Waals surface area contributed by atoms with Crippen molar-refractivity contribution >= 4 is 28.2 Å². The Morgan fingerprint density at radius 3 is 2.75 bits per heavy atom. The van der Waals surface area contributed by atoms with Gasteiger partial charge in [-0.3, -0.25) is 4.79 Å². The summed E-state index contributed by atoms with van der Waals surface area (Å²) in [5.74, 6) is 1.06. The number of aromatic nitrogens is 1. The highest BCUT2D eigenvalue weighted by molar-refractivity contribution is 7.18. The summed E-state index contributed by atoms with van der Waals surface area (Å²) in [5, 5.41) is 7.02. The summed E-state index contributed by atoms with van der Waals surface area (Å²) in [4.78, 5) is 16.9. The van der Waals surface area contributed by atoms with E-state index >= 15 is 0 Å². The SMILES string of the molecule is Nc1nc(NC2CC2)sc1C(=O)NCCC1CCCC1. The predicted octanol–water partition coefficient (Wildman–Crippen LogP) is 2.61. The van der Waals surface area contributed by atoms with Crippen molar-refractivity contribution in [2.75, 3.05) is 17.6 Å². The molecule has 20 heavy (non-hydrogen) atoms. The first-order chi connectivity index (χ1) is 9.72. The molecule has 0 aliphatic heterocycles. The number of carbonyl (C=O) groups is 1. The highest BCUT2D eigenvalue weighted by Crippen LogP contribution is 2.30. The van der Waals surface area contributed by atoms with Crippen LogP contribution in [0.3, 0.4) is 0 Å². The Morgan fingerprint density at radius 2 is 2.05 bits per heavy atom. The Kier molecular flexibility index (Phi) is 4.10. The highest BCUT2D eigenvalue weighted by atomic mass is 32.1. The van der Waals surface area contributed by atoms with E-state index in [0.717, 1.165) is 24.0 Å². The van der Waals surface area contributed by atoms with Crippen LogP contribution in [0.5, 0.6) is 0 Å². The van der Waals surface area contributed by atoms with Crippen molar-refractivity contribution in [2.24, 2.45) is 5.92 Å². The fourth-order valence-electron chi connectivity index (χ4n) is 2.73. The van der Waals surface area contributed by atoms with Crippen LogP contribution < -0.4 is 16.4 Å². The summed E-state index contributed by atoms with van der Waals surface area (Å²) >= 11 is 1.36. The number of amides is 1. The average Bonchev–Trinajstić information content (AvgIpc) is 2.94. The molecule has 1 heterocycles. The topological polar surface area (TPSA) is 80.0 Å². The number of nitrogens with zero attached hydrogens (tertiary/aromatic N) is 1. The van der Waals surface area contributed by atoms with E-state index < -0.39 is 0 Å². The summed E-state index contributed by atoms with van der Waals surface area (Å²) in [6.07, 6.45) is 8.76. The van der Waals surface area contributed by atoms with Crippen LogP contribution in [-0.2, 0) is 0 Å². The second kappa shape index (κ2) is 5.99. The van der Waals surface area contributed by atoms with Crippen LogP contribution >= 0.6 is 11.3 Å². The van der Waals surface area contributed by atoms with Gasteiger partial charge in [0.05, 0.1) is 0 Å². The molecule has 0 spiro atoms. The number of rotatable bonds is 6. The highest BCUT2D eigenvalue weighted by Gasteiger charge is 2.24. The van der Waals surface area contributed by atoms with Crippen molar-refractivity contribution in [2.45, 2.75) is 51.0 Å². The average molecular weight is 294 g/mol. The Bertz CT molecular complexity index is 478. The largest absolute Gasteiger partial charge is 0.382 e. The molecule has 0 bridgehead atoms. The van der Waals surface area contributed by atoms with Crippen LogP contribution in [0.2, 0.25) is 0 Å². The van der Waals surface area contributed by atoms with Crippen LogP contribution in [0.4, 0.5) is 10.9 Å². The maximum absolute atomic E-state index is 12.1. The van der Waals surface area contributed by atoms with Crippen LogP contribution in [-0.4, -0.2) is 23.5 Å². The molecule has 2 saturated carbocycles. The second-order valence-electron chi connectivity index (χ2n) is 5.85. The number of hydrogen-bond donors (Lipinski definition) is 3. The number of nitrogens with two attached hydrogens (primary N) is 1. The third kappa shape index (κ3) is 3.42. The third-order valence-electron chi connectivity index (χ3n) is 4.08. The molecule has 2 aliphatic carbocycles. The van der Waals surface area contributed by atoms with Crippen molar-refractivity contribution in [3.05, 3.63) is 4.88 Å². The van der Waals surface area contributed by atoms with Crippen LogP contribution in [0.15, 0.2) is 0 Å². The Balaban J connectivity index is 1.49. The van der Waals surface area contributed by atoms with E-state index in [0.29, 0.717) is 16.7 Å². The molecule has 1 aromatic heterocycles. The van der Waals surface area contributed by atoms with Gasteiger partial charge in [-0.1, -0.05) is 37.0 Å². The van der Waals surface area contributed by atoms with E-state index in [-0.39, 0.29) is 5.91 Å². The fraction of sp³-hybridized carbons (Fsp3) is 0.714. The lowest BCUT2D eigenvalue weighted by atomic mass is 10.0. The number of carbonyl (C=O) groups excluding carboxylic acids is 1. The van der Waals surface area contributed by atoms with E-state index in [4.69, 9.17) is 5.73 Å². The minimum Gasteiger partial charge on any atom is -0.382 e. The van der Waals surface area contributed by atoms with Crippen LogP contribution in [0.1, 0.15) is 54.6 Å².